The second-order valence-corrected chi connectivity index (χ2v) is 7.57. The molecule has 0 spiro atoms. The van der Waals surface area contributed by atoms with Crippen molar-refractivity contribution in [2.75, 3.05) is 11.1 Å². The lowest BCUT2D eigenvalue weighted by molar-refractivity contribution is -0.113. The van der Waals surface area contributed by atoms with E-state index in [1.54, 1.807) is 12.1 Å². The lowest BCUT2D eigenvalue weighted by Gasteiger charge is -2.09. The van der Waals surface area contributed by atoms with E-state index in [9.17, 15) is 9.59 Å². The first kappa shape index (κ1) is 20.6. The highest BCUT2D eigenvalue weighted by Crippen LogP contribution is 2.23. The van der Waals surface area contributed by atoms with E-state index in [0.29, 0.717) is 11.0 Å². The highest BCUT2D eigenvalue weighted by atomic mass is 32.2. The number of furan rings is 1. The molecular formula is C23H20N4O3S. The number of nitrogens with one attached hydrogen (secondary N) is 1. The maximum absolute atomic E-state index is 12.8. The maximum atomic E-state index is 12.8. The summed E-state index contributed by atoms with van der Waals surface area (Å²) in [4.78, 5) is 29.9. The van der Waals surface area contributed by atoms with Gasteiger partial charge in [0.2, 0.25) is 5.91 Å². The molecule has 0 saturated heterocycles. The standard InChI is InChI=1S/C23H20N4O3S/c1-2-16-9-6-7-12-18(16)24-20(28)15-31-23-25-21(17-10-4-3-5-11-17)26-27(23)22(29)19-13-8-14-30-19/h3-14H,2,15H2,1H3,(H,24,28). The van der Waals surface area contributed by atoms with Crippen LogP contribution in [0.5, 0.6) is 0 Å². The van der Waals surface area contributed by atoms with Crippen molar-refractivity contribution in [3.63, 3.8) is 0 Å². The molecule has 0 fully saturated rings. The van der Waals surface area contributed by atoms with Gasteiger partial charge in [0.05, 0.1) is 12.0 Å². The molecule has 0 aliphatic carbocycles. The van der Waals surface area contributed by atoms with Gasteiger partial charge in [-0.3, -0.25) is 9.59 Å². The van der Waals surface area contributed by atoms with Gasteiger partial charge in [-0.25, -0.2) is 4.98 Å². The molecule has 0 radical (unpaired) electrons. The molecule has 7 nitrogen and oxygen atoms in total. The van der Waals surface area contributed by atoms with Crippen molar-refractivity contribution in [2.24, 2.45) is 0 Å². The van der Waals surface area contributed by atoms with Crippen LogP contribution in [0.2, 0.25) is 0 Å². The maximum Gasteiger partial charge on any atom is 0.316 e. The molecule has 156 valence electrons. The van der Waals surface area contributed by atoms with Crippen LogP contribution in [0, 0.1) is 0 Å². The molecule has 4 aromatic rings. The normalized spacial score (nSPS) is 10.7. The molecular weight excluding hydrogens is 412 g/mol. The van der Waals surface area contributed by atoms with Gasteiger partial charge in [0.1, 0.15) is 0 Å². The Balaban J connectivity index is 1.55. The fourth-order valence-corrected chi connectivity index (χ4v) is 3.73. The van der Waals surface area contributed by atoms with E-state index in [-0.39, 0.29) is 17.4 Å². The van der Waals surface area contributed by atoms with E-state index in [0.717, 1.165) is 35.0 Å². The van der Waals surface area contributed by atoms with Crippen molar-refractivity contribution in [1.82, 2.24) is 14.8 Å². The van der Waals surface area contributed by atoms with E-state index < -0.39 is 5.91 Å². The summed E-state index contributed by atoms with van der Waals surface area (Å²) in [6.07, 6.45) is 2.24. The number of para-hydroxylation sites is 1. The molecule has 0 aliphatic heterocycles. The average Bonchev–Trinajstić information content (AvgIpc) is 3.49. The van der Waals surface area contributed by atoms with E-state index in [1.807, 2.05) is 61.5 Å². The molecule has 2 aromatic carbocycles. The molecule has 1 N–H and O–H groups in total. The Kier molecular flexibility index (Phi) is 6.28. The topological polar surface area (TPSA) is 90.0 Å². The zero-order valence-electron chi connectivity index (χ0n) is 16.8. The number of benzene rings is 2. The number of carbonyl (C=O) groups excluding carboxylic acids is 2. The van der Waals surface area contributed by atoms with Crippen molar-refractivity contribution in [1.29, 1.82) is 0 Å². The van der Waals surface area contributed by atoms with Gasteiger partial charge in [0.25, 0.3) is 0 Å². The molecule has 0 unspecified atom stereocenters. The zero-order chi connectivity index (χ0) is 21.6. The smallest absolute Gasteiger partial charge is 0.316 e. The number of amides is 1. The van der Waals surface area contributed by atoms with Gasteiger partial charge in [0.15, 0.2) is 16.7 Å². The second kappa shape index (κ2) is 9.44. The van der Waals surface area contributed by atoms with Crippen LogP contribution in [0.25, 0.3) is 11.4 Å². The first-order valence-corrected chi connectivity index (χ1v) is 10.8. The number of aromatic nitrogens is 3. The SMILES string of the molecule is CCc1ccccc1NC(=O)CSc1nc(-c2ccccc2)nn1C(=O)c1ccco1. The van der Waals surface area contributed by atoms with Crippen LogP contribution in [0.1, 0.15) is 23.0 Å². The largest absolute Gasteiger partial charge is 0.459 e. The highest BCUT2D eigenvalue weighted by Gasteiger charge is 2.21. The molecule has 4 rings (SSSR count). The van der Waals surface area contributed by atoms with Gasteiger partial charge in [0, 0.05) is 11.3 Å². The summed E-state index contributed by atoms with van der Waals surface area (Å²) in [5.41, 5.74) is 2.62. The van der Waals surface area contributed by atoms with Gasteiger partial charge in [-0.15, -0.1) is 5.10 Å². The number of rotatable bonds is 7. The van der Waals surface area contributed by atoms with Crippen LogP contribution in [0.3, 0.4) is 0 Å². The zero-order valence-corrected chi connectivity index (χ0v) is 17.6. The van der Waals surface area contributed by atoms with E-state index in [4.69, 9.17) is 4.42 Å². The summed E-state index contributed by atoms with van der Waals surface area (Å²) in [5, 5.41) is 7.61. The third-order valence-corrected chi connectivity index (χ3v) is 5.47. The molecule has 2 aromatic heterocycles. The van der Waals surface area contributed by atoms with Crippen LogP contribution in [0.4, 0.5) is 5.69 Å². The number of hydrogen-bond acceptors (Lipinski definition) is 6. The Morgan fingerprint density at radius 2 is 1.81 bits per heavy atom. The van der Waals surface area contributed by atoms with E-state index in [2.05, 4.69) is 15.4 Å². The minimum Gasteiger partial charge on any atom is -0.459 e. The summed E-state index contributed by atoms with van der Waals surface area (Å²) >= 11 is 1.14. The Bertz CT molecular complexity index is 1190. The Morgan fingerprint density at radius 1 is 1.03 bits per heavy atom. The van der Waals surface area contributed by atoms with Crippen LogP contribution in [-0.2, 0) is 11.2 Å². The van der Waals surface area contributed by atoms with Crippen LogP contribution in [0.15, 0.2) is 82.6 Å². The Labute approximate surface area is 183 Å². The fourth-order valence-electron chi connectivity index (χ4n) is 3.00. The van der Waals surface area contributed by atoms with E-state index >= 15 is 0 Å². The summed E-state index contributed by atoms with van der Waals surface area (Å²) in [6.45, 7) is 2.04. The van der Waals surface area contributed by atoms with Gasteiger partial charge >= 0.3 is 5.91 Å². The lowest BCUT2D eigenvalue weighted by Crippen LogP contribution is -2.17. The fraction of sp³-hybridized carbons (Fsp3) is 0.130. The average molecular weight is 433 g/mol. The summed E-state index contributed by atoms with van der Waals surface area (Å²) in [7, 11) is 0. The number of nitrogens with zero attached hydrogens (tertiary/aromatic N) is 3. The molecule has 0 aliphatic rings. The molecule has 1 amide bonds. The quantitative estimate of drug-likeness (QED) is 0.432. The number of carbonyl (C=O) groups is 2. The van der Waals surface area contributed by atoms with Crippen molar-refractivity contribution in [3.05, 3.63) is 84.3 Å². The highest BCUT2D eigenvalue weighted by molar-refractivity contribution is 7.99. The molecule has 8 heteroatoms. The molecule has 31 heavy (non-hydrogen) atoms. The predicted molar refractivity (Wildman–Crippen MR) is 119 cm³/mol. The van der Waals surface area contributed by atoms with Crippen LogP contribution < -0.4 is 5.32 Å². The minimum absolute atomic E-state index is 0.0798. The van der Waals surface area contributed by atoms with E-state index in [1.165, 1.54) is 10.9 Å². The molecule has 2 heterocycles. The molecule has 0 atom stereocenters. The van der Waals surface area contributed by atoms with Gasteiger partial charge in [-0.1, -0.05) is 67.2 Å². The third-order valence-electron chi connectivity index (χ3n) is 4.54. The summed E-state index contributed by atoms with van der Waals surface area (Å²) in [6, 6.07) is 20.2. The minimum atomic E-state index is -0.445. The molecule has 0 saturated carbocycles. The van der Waals surface area contributed by atoms with Crippen LogP contribution >= 0.6 is 11.8 Å². The summed E-state index contributed by atoms with van der Waals surface area (Å²) < 4.78 is 6.40. The van der Waals surface area contributed by atoms with Gasteiger partial charge < -0.3 is 9.73 Å². The predicted octanol–water partition coefficient (Wildman–Crippen LogP) is 4.52. The first-order valence-electron chi connectivity index (χ1n) is 9.77. The Morgan fingerprint density at radius 3 is 2.55 bits per heavy atom. The monoisotopic (exact) mass is 432 g/mol. The second-order valence-electron chi connectivity index (χ2n) is 6.63. The van der Waals surface area contributed by atoms with Gasteiger partial charge in [-0.2, -0.15) is 4.68 Å². The number of thioether (sulfide) groups is 1. The van der Waals surface area contributed by atoms with Gasteiger partial charge in [-0.05, 0) is 30.2 Å². The Hall–Kier alpha value is -3.65. The number of hydrogen-bond donors (Lipinski definition) is 1. The first-order chi connectivity index (χ1) is 15.2. The third kappa shape index (κ3) is 4.75. The van der Waals surface area contributed by atoms with Crippen molar-refractivity contribution in [3.8, 4) is 11.4 Å². The lowest BCUT2D eigenvalue weighted by atomic mass is 10.1. The number of anilines is 1. The van der Waals surface area contributed by atoms with Crippen molar-refractivity contribution in [2.45, 2.75) is 18.5 Å². The molecule has 0 bridgehead atoms. The van der Waals surface area contributed by atoms with Crippen LogP contribution in [-0.4, -0.2) is 32.3 Å². The number of aryl methyl sites for hydroxylation is 1. The van der Waals surface area contributed by atoms with Crippen molar-refractivity contribution >= 4 is 29.3 Å². The summed E-state index contributed by atoms with van der Waals surface area (Å²) in [5.74, 6) is -0.00495. The van der Waals surface area contributed by atoms with Crippen molar-refractivity contribution < 1.29 is 14.0 Å².